The van der Waals surface area contributed by atoms with Crippen molar-refractivity contribution in [3.05, 3.63) is 22.4 Å². The van der Waals surface area contributed by atoms with Gasteiger partial charge in [0.2, 0.25) is 0 Å². The molecule has 0 spiro atoms. The molecule has 3 nitrogen and oxygen atoms in total. The number of ether oxygens (including phenoxy) is 3. The van der Waals surface area contributed by atoms with Crippen LogP contribution in [0.2, 0.25) is 0 Å². The largest absolute Gasteiger partial charge is 0.497 e. The summed E-state index contributed by atoms with van der Waals surface area (Å²) in [7, 11) is 1.62. The van der Waals surface area contributed by atoms with Crippen LogP contribution in [0, 0.1) is 0 Å². The first-order chi connectivity index (χ1) is 7.35. The Kier molecular flexibility index (Phi) is 4.59. The third-order valence-electron chi connectivity index (χ3n) is 2.50. The van der Waals surface area contributed by atoms with Crippen molar-refractivity contribution >= 4 is 15.9 Å². The molecule has 0 aromatic heterocycles. The molecule has 1 unspecified atom stereocenters. The predicted molar refractivity (Wildman–Crippen MR) is 67.3 cm³/mol. The van der Waals surface area contributed by atoms with Gasteiger partial charge in [0.05, 0.1) is 19.8 Å². The van der Waals surface area contributed by atoms with Gasteiger partial charge in [0.25, 0.3) is 0 Å². The molecule has 0 aromatic carbocycles. The fourth-order valence-corrected chi connectivity index (χ4v) is 2.04. The van der Waals surface area contributed by atoms with E-state index in [0.717, 1.165) is 16.5 Å². The van der Waals surface area contributed by atoms with Gasteiger partial charge in [-0.2, -0.15) is 0 Å². The average molecular weight is 291 g/mol. The Morgan fingerprint density at radius 3 is 2.56 bits per heavy atom. The van der Waals surface area contributed by atoms with Crippen molar-refractivity contribution in [2.75, 3.05) is 13.7 Å². The lowest BCUT2D eigenvalue weighted by molar-refractivity contribution is -0.138. The van der Waals surface area contributed by atoms with Crippen molar-refractivity contribution < 1.29 is 14.2 Å². The van der Waals surface area contributed by atoms with Crippen LogP contribution in [0.25, 0.3) is 0 Å². The topological polar surface area (TPSA) is 27.7 Å². The molecule has 1 rings (SSSR count). The van der Waals surface area contributed by atoms with Gasteiger partial charge in [0.15, 0.2) is 5.79 Å². The van der Waals surface area contributed by atoms with Crippen LogP contribution in [-0.2, 0) is 14.2 Å². The van der Waals surface area contributed by atoms with E-state index in [2.05, 4.69) is 22.5 Å². The molecule has 1 heterocycles. The van der Waals surface area contributed by atoms with E-state index in [1.165, 1.54) is 0 Å². The van der Waals surface area contributed by atoms with Crippen LogP contribution < -0.4 is 0 Å². The molecule has 0 saturated carbocycles. The van der Waals surface area contributed by atoms with E-state index >= 15 is 0 Å². The van der Waals surface area contributed by atoms with Crippen molar-refractivity contribution in [3.63, 3.8) is 0 Å². The summed E-state index contributed by atoms with van der Waals surface area (Å²) in [5.41, 5.74) is 1.04. The summed E-state index contributed by atoms with van der Waals surface area (Å²) in [5.74, 6) is 0.187. The van der Waals surface area contributed by atoms with Crippen molar-refractivity contribution in [3.8, 4) is 0 Å². The van der Waals surface area contributed by atoms with Crippen LogP contribution in [0.15, 0.2) is 22.4 Å². The lowest BCUT2D eigenvalue weighted by atomic mass is 10.1. The monoisotopic (exact) mass is 290 g/mol. The molecule has 0 aliphatic carbocycles. The van der Waals surface area contributed by atoms with Crippen molar-refractivity contribution in [2.24, 2.45) is 0 Å². The lowest BCUT2D eigenvalue weighted by Crippen LogP contribution is -2.21. The van der Waals surface area contributed by atoms with E-state index in [-0.39, 0.29) is 6.10 Å². The second kappa shape index (κ2) is 5.34. The number of methoxy groups -OCH3 is 1. The zero-order valence-electron chi connectivity index (χ0n) is 10.3. The smallest absolute Gasteiger partial charge is 0.163 e. The third-order valence-corrected chi connectivity index (χ3v) is 2.98. The van der Waals surface area contributed by atoms with Gasteiger partial charge in [-0.3, -0.25) is 0 Å². The summed E-state index contributed by atoms with van der Waals surface area (Å²) < 4.78 is 17.4. The van der Waals surface area contributed by atoms with Crippen molar-refractivity contribution in [1.29, 1.82) is 0 Å². The Bertz CT molecular complexity index is 303. The van der Waals surface area contributed by atoms with Crippen LogP contribution in [-0.4, -0.2) is 25.6 Å². The van der Waals surface area contributed by atoms with E-state index in [9.17, 15) is 0 Å². The molecule has 0 N–H and O–H groups in total. The highest BCUT2D eigenvalue weighted by Crippen LogP contribution is 2.30. The maximum atomic E-state index is 5.75. The first kappa shape index (κ1) is 13.7. The van der Waals surface area contributed by atoms with E-state index in [1.54, 1.807) is 7.11 Å². The molecule has 0 bridgehead atoms. The number of halogens is 1. The second-order valence-electron chi connectivity index (χ2n) is 4.29. The average Bonchev–Trinajstić information content (AvgIpc) is 2.53. The quantitative estimate of drug-likeness (QED) is 0.587. The Labute approximate surface area is 106 Å². The van der Waals surface area contributed by atoms with Gasteiger partial charge >= 0.3 is 0 Å². The molecule has 1 aliphatic heterocycles. The Morgan fingerprint density at radius 2 is 2.19 bits per heavy atom. The van der Waals surface area contributed by atoms with E-state index in [4.69, 9.17) is 14.2 Å². The second-order valence-corrected chi connectivity index (χ2v) is 5.48. The highest BCUT2D eigenvalue weighted by Gasteiger charge is 2.33. The molecule has 16 heavy (non-hydrogen) atoms. The Morgan fingerprint density at radius 1 is 1.56 bits per heavy atom. The molecule has 0 radical (unpaired) electrons. The molecular weight excluding hydrogens is 272 g/mol. The van der Waals surface area contributed by atoms with Gasteiger partial charge in [0.1, 0.15) is 5.76 Å². The van der Waals surface area contributed by atoms with Crippen LogP contribution in [0.1, 0.15) is 27.2 Å². The fraction of sp³-hybridized carbons (Fsp3) is 0.667. The summed E-state index contributed by atoms with van der Waals surface area (Å²) in [5, 5.41) is 0. The maximum absolute atomic E-state index is 5.75. The van der Waals surface area contributed by atoms with Crippen molar-refractivity contribution in [1.82, 2.24) is 0 Å². The zero-order valence-corrected chi connectivity index (χ0v) is 11.9. The van der Waals surface area contributed by atoms with Crippen LogP contribution in [0.5, 0.6) is 0 Å². The summed E-state index contributed by atoms with van der Waals surface area (Å²) in [6, 6.07) is 0. The third kappa shape index (κ3) is 3.61. The number of allylic oxidation sites excluding steroid dienone is 2. The molecule has 1 fully saturated rings. The van der Waals surface area contributed by atoms with Gasteiger partial charge in [-0.1, -0.05) is 22.5 Å². The summed E-state index contributed by atoms with van der Waals surface area (Å²) in [6.07, 6.45) is 0.803. The highest BCUT2D eigenvalue weighted by atomic mass is 79.9. The molecule has 0 amide bonds. The molecule has 1 saturated heterocycles. The number of hydrogen-bond donors (Lipinski definition) is 0. The van der Waals surface area contributed by atoms with Gasteiger partial charge in [-0.15, -0.1) is 0 Å². The van der Waals surface area contributed by atoms with E-state index in [1.807, 2.05) is 20.8 Å². The first-order valence-electron chi connectivity index (χ1n) is 5.26. The van der Waals surface area contributed by atoms with Gasteiger partial charge in [-0.25, -0.2) is 0 Å². The standard InChI is InChI=1S/C12H19BrO3/c1-8(13)11(9(2)14-5)6-10-7-15-12(3,4)16-10/h10H,2,6-7H2,1,3-5H3/b11-8+. The van der Waals surface area contributed by atoms with Gasteiger partial charge < -0.3 is 14.2 Å². The minimum absolute atomic E-state index is 0.0596. The predicted octanol–water partition coefficient (Wildman–Crippen LogP) is 3.36. The van der Waals surface area contributed by atoms with Crippen LogP contribution >= 0.6 is 15.9 Å². The Hall–Kier alpha value is -0.320. The maximum Gasteiger partial charge on any atom is 0.163 e. The van der Waals surface area contributed by atoms with E-state index in [0.29, 0.717) is 12.4 Å². The molecule has 0 aromatic rings. The van der Waals surface area contributed by atoms with Gasteiger partial charge in [0, 0.05) is 12.0 Å². The van der Waals surface area contributed by atoms with E-state index < -0.39 is 5.79 Å². The molecule has 1 atom stereocenters. The summed E-state index contributed by atoms with van der Waals surface area (Å²) >= 11 is 3.46. The van der Waals surface area contributed by atoms with Crippen LogP contribution in [0.4, 0.5) is 0 Å². The molecular formula is C12H19BrO3. The lowest BCUT2D eigenvalue weighted by Gasteiger charge is -2.18. The van der Waals surface area contributed by atoms with Gasteiger partial charge in [-0.05, 0) is 25.3 Å². The summed E-state index contributed by atoms with van der Waals surface area (Å²) in [4.78, 5) is 0. The zero-order chi connectivity index (χ0) is 12.3. The first-order valence-corrected chi connectivity index (χ1v) is 6.05. The molecule has 4 heteroatoms. The highest BCUT2D eigenvalue weighted by molar-refractivity contribution is 9.11. The molecule has 1 aliphatic rings. The number of rotatable bonds is 4. The summed E-state index contributed by atoms with van der Waals surface area (Å²) in [6.45, 7) is 10.3. The van der Waals surface area contributed by atoms with Crippen molar-refractivity contribution in [2.45, 2.75) is 39.1 Å². The van der Waals surface area contributed by atoms with Crippen LogP contribution in [0.3, 0.4) is 0 Å². The molecule has 92 valence electrons. The minimum Gasteiger partial charge on any atom is -0.497 e. The SMILES string of the molecule is C=C(OC)/C(CC1COC(C)(C)O1)=C(\C)Br. The number of hydrogen-bond acceptors (Lipinski definition) is 3. The fourth-order valence-electron chi connectivity index (χ4n) is 1.66. The Balaban J connectivity index is 2.66. The minimum atomic E-state index is -0.482. The normalized spacial score (nSPS) is 25.2.